The molecule has 1 amide bonds. The van der Waals surface area contributed by atoms with Crippen molar-refractivity contribution in [1.29, 1.82) is 0 Å². The van der Waals surface area contributed by atoms with Crippen molar-refractivity contribution in [3.05, 3.63) is 12.7 Å². The molecule has 0 saturated heterocycles. The molecule has 0 fully saturated rings. The highest BCUT2D eigenvalue weighted by Gasteiger charge is 2.34. The first-order valence-electron chi connectivity index (χ1n) is 6.69. The van der Waals surface area contributed by atoms with Crippen LogP contribution in [0.15, 0.2) is 12.7 Å². The van der Waals surface area contributed by atoms with E-state index in [1.54, 1.807) is 26.8 Å². The molecule has 0 aromatic rings. The van der Waals surface area contributed by atoms with Crippen LogP contribution in [0.3, 0.4) is 0 Å². The van der Waals surface area contributed by atoms with E-state index in [1.165, 1.54) is 7.05 Å². The zero-order chi connectivity index (χ0) is 16.1. The Hall–Kier alpha value is -1.52. The Bertz CT molecular complexity index is 369. The van der Waals surface area contributed by atoms with E-state index < -0.39 is 23.7 Å². The van der Waals surface area contributed by atoms with Crippen LogP contribution in [-0.2, 0) is 9.53 Å². The molecule has 20 heavy (non-hydrogen) atoms. The second kappa shape index (κ2) is 6.77. The van der Waals surface area contributed by atoms with Gasteiger partial charge in [-0.15, -0.1) is 6.58 Å². The quantitative estimate of drug-likeness (QED) is 0.760. The molecular weight excluding hydrogens is 258 g/mol. The molecule has 1 atom stereocenters. The maximum atomic E-state index is 12.0. The van der Waals surface area contributed by atoms with Crippen LogP contribution in [-0.4, -0.2) is 40.8 Å². The number of carbonyl (C=O) groups excluding carboxylic acids is 1. The van der Waals surface area contributed by atoms with Crippen LogP contribution in [0.1, 0.15) is 47.5 Å². The highest BCUT2D eigenvalue weighted by Crippen LogP contribution is 2.29. The van der Waals surface area contributed by atoms with Crippen molar-refractivity contribution >= 4 is 12.1 Å². The van der Waals surface area contributed by atoms with Crippen LogP contribution in [0.4, 0.5) is 4.79 Å². The molecule has 0 radical (unpaired) electrons. The summed E-state index contributed by atoms with van der Waals surface area (Å²) >= 11 is 0. The zero-order valence-corrected chi connectivity index (χ0v) is 13.4. The van der Waals surface area contributed by atoms with E-state index in [0.717, 1.165) is 4.90 Å². The fraction of sp³-hybridized carbons (Fsp3) is 0.733. The van der Waals surface area contributed by atoms with E-state index in [1.807, 2.05) is 13.8 Å². The topological polar surface area (TPSA) is 66.8 Å². The van der Waals surface area contributed by atoms with Gasteiger partial charge in [-0.3, -0.25) is 4.90 Å². The lowest BCUT2D eigenvalue weighted by molar-refractivity contribution is -0.143. The van der Waals surface area contributed by atoms with Gasteiger partial charge in [0.1, 0.15) is 11.6 Å². The van der Waals surface area contributed by atoms with Gasteiger partial charge in [0.15, 0.2) is 0 Å². The number of amides is 1. The van der Waals surface area contributed by atoms with Crippen LogP contribution < -0.4 is 0 Å². The van der Waals surface area contributed by atoms with Crippen molar-refractivity contribution in [2.24, 2.45) is 5.41 Å². The average Bonchev–Trinajstić information content (AvgIpc) is 2.22. The molecule has 5 heteroatoms. The predicted octanol–water partition coefficient (Wildman–Crippen LogP) is 3.30. The fourth-order valence-corrected chi connectivity index (χ4v) is 1.85. The normalized spacial score (nSPS) is 13.5. The number of carbonyl (C=O) groups is 2. The number of ether oxygens (including phenoxy) is 1. The third-order valence-electron chi connectivity index (χ3n) is 2.88. The molecule has 0 bridgehead atoms. The molecule has 1 N–H and O–H groups in total. The van der Waals surface area contributed by atoms with Crippen LogP contribution in [0, 0.1) is 5.41 Å². The molecular formula is C15H27NO4. The standard InChI is InChI=1S/C15H27NO4/c1-8-9-15(5,6)10-11(12(17)18)16(7)13(19)20-14(2,3)4/h8,11H,1,9-10H2,2-7H3,(H,17,18)/t11-/m0/s1. The van der Waals surface area contributed by atoms with Crippen molar-refractivity contribution in [1.82, 2.24) is 4.90 Å². The Morgan fingerprint density at radius 1 is 1.30 bits per heavy atom. The molecule has 5 nitrogen and oxygen atoms in total. The first kappa shape index (κ1) is 18.5. The summed E-state index contributed by atoms with van der Waals surface area (Å²) in [7, 11) is 1.46. The van der Waals surface area contributed by atoms with Gasteiger partial charge in [0.2, 0.25) is 0 Å². The average molecular weight is 285 g/mol. The molecule has 0 aliphatic heterocycles. The summed E-state index contributed by atoms with van der Waals surface area (Å²) in [5.41, 5.74) is -0.897. The third kappa shape index (κ3) is 6.59. The second-order valence-electron chi connectivity index (χ2n) is 6.81. The molecule has 0 aliphatic carbocycles. The summed E-state index contributed by atoms with van der Waals surface area (Å²) in [6.07, 6.45) is 2.15. The zero-order valence-electron chi connectivity index (χ0n) is 13.4. The minimum atomic E-state index is -1.03. The minimum Gasteiger partial charge on any atom is -0.480 e. The molecule has 0 aliphatic rings. The smallest absolute Gasteiger partial charge is 0.410 e. The molecule has 0 unspecified atom stereocenters. The number of hydrogen-bond donors (Lipinski definition) is 1. The monoisotopic (exact) mass is 285 g/mol. The van der Waals surface area contributed by atoms with Gasteiger partial charge in [0.25, 0.3) is 0 Å². The number of allylic oxidation sites excluding steroid dienone is 1. The maximum Gasteiger partial charge on any atom is 0.410 e. The number of aliphatic carboxylic acids is 1. The van der Waals surface area contributed by atoms with Gasteiger partial charge in [-0.05, 0) is 39.0 Å². The van der Waals surface area contributed by atoms with Gasteiger partial charge in [0.05, 0.1) is 0 Å². The summed E-state index contributed by atoms with van der Waals surface area (Å²) in [6, 6.07) is -0.917. The molecule has 0 aromatic carbocycles. The Kier molecular flexibility index (Phi) is 6.26. The molecule has 0 saturated carbocycles. The Morgan fingerprint density at radius 2 is 1.80 bits per heavy atom. The Morgan fingerprint density at radius 3 is 2.15 bits per heavy atom. The number of likely N-dealkylation sites (N-methyl/N-ethyl adjacent to an activating group) is 1. The van der Waals surface area contributed by atoms with Gasteiger partial charge in [-0.2, -0.15) is 0 Å². The van der Waals surface area contributed by atoms with Gasteiger partial charge in [0, 0.05) is 7.05 Å². The lowest BCUT2D eigenvalue weighted by Gasteiger charge is -2.33. The van der Waals surface area contributed by atoms with Gasteiger partial charge in [-0.25, -0.2) is 9.59 Å². The van der Waals surface area contributed by atoms with E-state index in [4.69, 9.17) is 4.74 Å². The van der Waals surface area contributed by atoms with E-state index in [-0.39, 0.29) is 5.41 Å². The van der Waals surface area contributed by atoms with Crippen LogP contribution in [0.25, 0.3) is 0 Å². The highest BCUT2D eigenvalue weighted by molar-refractivity contribution is 5.80. The second-order valence-corrected chi connectivity index (χ2v) is 6.81. The predicted molar refractivity (Wildman–Crippen MR) is 78.6 cm³/mol. The summed E-state index contributed by atoms with van der Waals surface area (Å²) in [5.74, 6) is -1.03. The summed E-state index contributed by atoms with van der Waals surface area (Å²) in [6.45, 7) is 12.8. The Labute approximate surface area is 121 Å². The lowest BCUT2D eigenvalue weighted by atomic mass is 9.82. The van der Waals surface area contributed by atoms with Gasteiger partial charge in [-0.1, -0.05) is 19.9 Å². The lowest BCUT2D eigenvalue weighted by Crippen LogP contribution is -2.46. The summed E-state index contributed by atoms with van der Waals surface area (Å²) < 4.78 is 5.21. The number of hydrogen-bond acceptors (Lipinski definition) is 3. The maximum absolute atomic E-state index is 12.0. The summed E-state index contributed by atoms with van der Waals surface area (Å²) in [4.78, 5) is 24.5. The Balaban J connectivity index is 4.96. The molecule has 0 aromatic heterocycles. The molecule has 0 rings (SSSR count). The first-order chi connectivity index (χ1) is 8.89. The van der Waals surface area contributed by atoms with Crippen LogP contribution >= 0.6 is 0 Å². The molecule has 0 heterocycles. The SMILES string of the molecule is C=CCC(C)(C)C[C@@H](C(=O)O)N(C)C(=O)OC(C)(C)C. The van der Waals surface area contributed by atoms with E-state index in [2.05, 4.69) is 6.58 Å². The van der Waals surface area contributed by atoms with Gasteiger partial charge < -0.3 is 9.84 Å². The molecule has 116 valence electrons. The van der Waals surface area contributed by atoms with Crippen LogP contribution in [0.2, 0.25) is 0 Å². The van der Waals surface area contributed by atoms with Gasteiger partial charge >= 0.3 is 12.1 Å². The molecule has 0 spiro atoms. The van der Waals surface area contributed by atoms with Crippen molar-refractivity contribution in [2.45, 2.75) is 59.1 Å². The van der Waals surface area contributed by atoms with E-state index >= 15 is 0 Å². The number of carboxylic acids is 1. The fourth-order valence-electron chi connectivity index (χ4n) is 1.85. The van der Waals surface area contributed by atoms with Crippen molar-refractivity contribution in [2.75, 3.05) is 7.05 Å². The van der Waals surface area contributed by atoms with E-state index in [9.17, 15) is 14.7 Å². The highest BCUT2D eigenvalue weighted by atomic mass is 16.6. The first-order valence-corrected chi connectivity index (χ1v) is 6.69. The van der Waals surface area contributed by atoms with Crippen molar-refractivity contribution < 1.29 is 19.4 Å². The van der Waals surface area contributed by atoms with Crippen molar-refractivity contribution in [3.63, 3.8) is 0 Å². The largest absolute Gasteiger partial charge is 0.480 e. The summed E-state index contributed by atoms with van der Waals surface area (Å²) in [5, 5.41) is 9.35. The number of nitrogens with zero attached hydrogens (tertiary/aromatic N) is 1. The van der Waals surface area contributed by atoms with Crippen LogP contribution in [0.5, 0.6) is 0 Å². The third-order valence-corrected chi connectivity index (χ3v) is 2.88. The number of rotatable bonds is 6. The minimum absolute atomic E-state index is 0.249. The number of carboxylic acid groups (broad SMARTS) is 1. The van der Waals surface area contributed by atoms with Crippen molar-refractivity contribution in [3.8, 4) is 0 Å². The van der Waals surface area contributed by atoms with E-state index in [0.29, 0.717) is 12.8 Å².